The summed E-state index contributed by atoms with van der Waals surface area (Å²) >= 11 is 0. The number of hydrogen-bond donors (Lipinski definition) is 2. The van der Waals surface area contributed by atoms with E-state index in [1.54, 1.807) is 24.3 Å². The molecule has 0 aromatic heterocycles. The highest BCUT2D eigenvalue weighted by molar-refractivity contribution is 5.99. The van der Waals surface area contributed by atoms with E-state index in [1.165, 1.54) is 24.3 Å². The van der Waals surface area contributed by atoms with E-state index in [1.807, 2.05) is 6.07 Å². The highest BCUT2D eigenvalue weighted by Gasteiger charge is 2.04. The standard InChI is InChI=1S/C15H12FN3O2/c16-11-4-6-12(7-5-11)18-15(20)19-13-2-1-3-14(10-13)21-9-8-17/h1-7,10H,9H2,(H2,18,19,20). The minimum absolute atomic E-state index is 0.0643. The van der Waals surface area contributed by atoms with E-state index in [2.05, 4.69) is 10.6 Å². The lowest BCUT2D eigenvalue weighted by molar-refractivity contribution is 0.262. The van der Waals surface area contributed by atoms with Gasteiger partial charge in [-0.05, 0) is 36.4 Å². The van der Waals surface area contributed by atoms with Crippen molar-refractivity contribution in [2.75, 3.05) is 17.2 Å². The first-order valence-corrected chi connectivity index (χ1v) is 6.11. The molecule has 0 heterocycles. The number of hydrogen-bond acceptors (Lipinski definition) is 3. The first-order valence-electron chi connectivity index (χ1n) is 6.11. The second-order valence-corrected chi connectivity index (χ2v) is 4.06. The monoisotopic (exact) mass is 285 g/mol. The molecule has 5 nitrogen and oxygen atoms in total. The first-order chi connectivity index (χ1) is 10.2. The van der Waals surface area contributed by atoms with Gasteiger partial charge in [0.25, 0.3) is 0 Å². The van der Waals surface area contributed by atoms with E-state index >= 15 is 0 Å². The molecule has 21 heavy (non-hydrogen) atoms. The van der Waals surface area contributed by atoms with Crippen LogP contribution in [0.4, 0.5) is 20.6 Å². The van der Waals surface area contributed by atoms with Crippen molar-refractivity contribution in [2.45, 2.75) is 0 Å². The van der Waals surface area contributed by atoms with Crippen LogP contribution >= 0.6 is 0 Å². The predicted octanol–water partition coefficient (Wildman–Crippen LogP) is 3.37. The topological polar surface area (TPSA) is 74.1 Å². The number of rotatable bonds is 4. The van der Waals surface area contributed by atoms with Crippen LogP contribution in [0, 0.1) is 17.1 Å². The summed E-state index contributed by atoms with van der Waals surface area (Å²) in [6, 6.07) is 13.5. The van der Waals surface area contributed by atoms with Gasteiger partial charge >= 0.3 is 6.03 Å². The molecule has 2 N–H and O–H groups in total. The van der Waals surface area contributed by atoms with Crippen LogP contribution in [0.3, 0.4) is 0 Å². The number of benzene rings is 2. The van der Waals surface area contributed by atoms with E-state index in [0.717, 1.165) is 0 Å². The van der Waals surface area contributed by atoms with Gasteiger partial charge in [-0.1, -0.05) is 6.07 Å². The quantitative estimate of drug-likeness (QED) is 0.904. The normalized spacial score (nSPS) is 9.52. The summed E-state index contributed by atoms with van der Waals surface area (Å²) in [6.45, 7) is -0.0643. The van der Waals surface area contributed by atoms with Crippen LogP contribution < -0.4 is 15.4 Å². The van der Waals surface area contributed by atoms with Crippen molar-refractivity contribution in [3.63, 3.8) is 0 Å². The first kappa shape index (κ1) is 14.3. The molecule has 0 spiro atoms. The molecule has 0 radical (unpaired) electrons. The molecule has 2 rings (SSSR count). The second kappa shape index (κ2) is 6.91. The molecule has 0 unspecified atom stereocenters. The number of amides is 2. The van der Waals surface area contributed by atoms with Crippen molar-refractivity contribution < 1.29 is 13.9 Å². The highest BCUT2D eigenvalue weighted by Crippen LogP contribution is 2.17. The number of anilines is 2. The molecule has 2 amide bonds. The number of halogens is 1. The number of carbonyl (C=O) groups excluding carboxylic acids is 1. The fourth-order valence-corrected chi connectivity index (χ4v) is 1.61. The van der Waals surface area contributed by atoms with Crippen molar-refractivity contribution in [1.82, 2.24) is 0 Å². The predicted molar refractivity (Wildman–Crippen MR) is 76.6 cm³/mol. The third kappa shape index (κ3) is 4.51. The lowest BCUT2D eigenvalue weighted by atomic mass is 10.3. The number of nitrogens with zero attached hydrogens (tertiary/aromatic N) is 1. The summed E-state index contributed by atoms with van der Waals surface area (Å²) in [5.41, 5.74) is 0.996. The zero-order valence-electron chi connectivity index (χ0n) is 11.0. The molecule has 0 aliphatic carbocycles. The highest BCUT2D eigenvalue weighted by atomic mass is 19.1. The maximum atomic E-state index is 12.8. The van der Waals surface area contributed by atoms with Gasteiger partial charge in [0, 0.05) is 17.4 Å². The van der Waals surface area contributed by atoms with E-state index in [4.69, 9.17) is 10.00 Å². The Morgan fingerprint density at radius 3 is 2.57 bits per heavy atom. The molecule has 2 aromatic carbocycles. The Hall–Kier alpha value is -3.07. The number of nitrogens with one attached hydrogen (secondary N) is 2. The number of nitriles is 1. The van der Waals surface area contributed by atoms with Crippen LogP contribution in [0.2, 0.25) is 0 Å². The summed E-state index contributed by atoms with van der Waals surface area (Å²) in [5.74, 6) is 0.111. The van der Waals surface area contributed by atoms with Crippen molar-refractivity contribution in [2.24, 2.45) is 0 Å². The molecule has 0 saturated carbocycles. The molecule has 0 fully saturated rings. The van der Waals surface area contributed by atoms with Crippen molar-refractivity contribution >= 4 is 17.4 Å². The van der Waals surface area contributed by atoms with Gasteiger partial charge in [0.05, 0.1) is 0 Å². The summed E-state index contributed by atoms with van der Waals surface area (Å²) < 4.78 is 17.9. The third-order valence-electron chi connectivity index (χ3n) is 2.50. The zero-order chi connectivity index (χ0) is 15.1. The second-order valence-electron chi connectivity index (χ2n) is 4.06. The van der Waals surface area contributed by atoms with E-state index in [-0.39, 0.29) is 12.4 Å². The van der Waals surface area contributed by atoms with Gasteiger partial charge in [-0.15, -0.1) is 0 Å². The minimum Gasteiger partial charge on any atom is -0.479 e. The van der Waals surface area contributed by atoms with Crippen LogP contribution in [0.5, 0.6) is 5.75 Å². The van der Waals surface area contributed by atoms with E-state index < -0.39 is 6.03 Å². The van der Waals surface area contributed by atoms with Crippen LogP contribution in [-0.2, 0) is 0 Å². The smallest absolute Gasteiger partial charge is 0.323 e. The lowest BCUT2D eigenvalue weighted by Crippen LogP contribution is -2.19. The third-order valence-corrected chi connectivity index (χ3v) is 2.50. The fourth-order valence-electron chi connectivity index (χ4n) is 1.61. The summed E-state index contributed by atoms with van der Waals surface area (Å²) in [6.07, 6.45) is 0. The molecule has 0 bridgehead atoms. The van der Waals surface area contributed by atoms with Gasteiger partial charge < -0.3 is 15.4 Å². The van der Waals surface area contributed by atoms with Crippen LogP contribution in [0.15, 0.2) is 48.5 Å². The average Bonchev–Trinajstić information content (AvgIpc) is 2.48. The largest absolute Gasteiger partial charge is 0.479 e. The molecule has 6 heteroatoms. The summed E-state index contributed by atoms with van der Waals surface area (Å²) in [4.78, 5) is 11.8. The molecular formula is C15H12FN3O2. The van der Waals surface area contributed by atoms with Crippen LogP contribution in [0.1, 0.15) is 0 Å². The zero-order valence-corrected chi connectivity index (χ0v) is 11.0. The Kier molecular flexibility index (Phi) is 4.72. The fraction of sp³-hybridized carbons (Fsp3) is 0.0667. The molecular weight excluding hydrogens is 273 g/mol. The van der Waals surface area contributed by atoms with Gasteiger partial charge in [0.15, 0.2) is 6.61 Å². The maximum absolute atomic E-state index is 12.8. The van der Waals surface area contributed by atoms with Gasteiger partial charge in [0.2, 0.25) is 0 Å². The Balaban J connectivity index is 1.96. The molecule has 0 aliphatic rings. The Morgan fingerprint density at radius 2 is 1.86 bits per heavy atom. The van der Waals surface area contributed by atoms with Crippen molar-refractivity contribution in [1.29, 1.82) is 5.26 Å². The minimum atomic E-state index is -0.459. The summed E-state index contributed by atoms with van der Waals surface area (Å²) in [7, 11) is 0. The molecule has 0 atom stereocenters. The molecule has 0 saturated heterocycles. The Labute approximate surface area is 121 Å². The Morgan fingerprint density at radius 1 is 1.14 bits per heavy atom. The number of urea groups is 1. The van der Waals surface area contributed by atoms with Gasteiger partial charge in [-0.2, -0.15) is 5.26 Å². The van der Waals surface area contributed by atoms with Crippen LogP contribution in [0.25, 0.3) is 0 Å². The molecule has 2 aromatic rings. The summed E-state index contributed by atoms with van der Waals surface area (Å²) in [5, 5.41) is 13.6. The van der Waals surface area contributed by atoms with Crippen LogP contribution in [-0.4, -0.2) is 12.6 Å². The molecule has 106 valence electrons. The molecule has 0 aliphatic heterocycles. The van der Waals surface area contributed by atoms with Crippen molar-refractivity contribution in [3.8, 4) is 11.8 Å². The number of ether oxygens (including phenoxy) is 1. The Bertz CT molecular complexity index is 665. The van der Waals surface area contributed by atoms with Gasteiger partial charge in [0.1, 0.15) is 17.6 Å². The average molecular weight is 285 g/mol. The SMILES string of the molecule is N#CCOc1cccc(NC(=O)Nc2ccc(F)cc2)c1. The van der Waals surface area contributed by atoms with Gasteiger partial charge in [-0.3, -0.25) is 0 Å². The maximum Gasteiger partial charge on any atom is 0.323 e. The lowest BCUT2D eigenvalue weighted by Gasteiger charge is -2.09. The van der Waals surface area contributed by atoms with Gasteiger partial charge in [-0.25, -0.2) is 9.18 Å². The van der Waals surface area contributed by atoms with E-state index in [9.17, 15) is 9.18 Å². The van der Waals surface area contributed by atoms with Crippen molar-refractivity contribution in [3.05, 3.63) is 54.3 Å². The number of carbonyl (C=O) groups is 1. The van der Waals surface area contributed by atoms with E-state index in [0.29, 0.717) is 17.1 Å².